The lowest BCUT2D eigenvalue weighted by molar-refractivity contribution is 0.234. The average Bonchev–Trinajstić information content (AvgIpc) is 3.01. The highest BCUT2D eigenvalue weighted by atomic mass is 32.2. The zero-order chi connectivity index (χ0) is 16.1. The highest BCUT2D eigenvalue weighted by Gasteiger charge is 2.19. The molecule has 0 unspecified atom stereocenters. The minimum absolute atomic E-state index is 0.191. The van der Waals surface area contributed by atoms with Crippen molar-refractivity contribution < 1.29 is 5.11 Å². The van der Waals surface area contributed by atoms with Crippen molar-refractivity contribution >= 4 is 17.3 Å². The molecule has 120 valence electrons. The van der Waals surface area contributed by atoms with Crippen molar-refractivity contribution in [1.82, 2.24) is 19.9 Å². The molecular weight excluding hydrogens is 308 g/mol. The van der Waals surface area contributed by atoms with Gasteiger partial charge in [-0.1, -0.05) is 6.08 Å². The molecule has 0 bridgehead atoms. The van der Waals surface area contributed by atoms with E-state index in [-0.39, 0.29) is 12.5 Å². The molecule has 23 heavy (non-hydrogen) atoms. The first kappa shape index (κ1) is 16.1. The first-order valence-electron chi connectivity index (χ1n) is 7.77. The van der Waals surface area contributed by atoms with Gasteiger partial charge < -0.3 is 5.11 Å². The first-order valence-corrected chi connectivity index (χ1v) is 8.76. The summed E-state index contributed by atoms with van der Waals surface area (Å²) in [4.78, 5) is 17.0. The SMILES string of the molecule is Cc1ncnc2c1CC=C2CC[C@H](CO)CSc1cnccn1. The van der Waals surface area contributed by atoms with Gasteiger partial charge >= 0.3 is 0 Å². The molecule has 2 aromatic rings. The number of aliphatic hydroxyl groups excluding tert-OH is 1. The van der Waals surface area contributed by atoms with E-state index in [1.54, 1.807) is 36.7 Å². The summed E-state index contributed by atoms with van der Waals surface area (Å²) in [5.74, 6) is 1.09. The van der Waals surface area contributed by atoms with E-state index in [0.29, 0.717) is 0 Å². The normalized spacial score (nSPS) is 14.4. The van der Waals surface area contributed by atoms with Gasteiger partial charge in [0, 0.05) is 36.0 Å². The molecule has 0 fully saturated rings. The molecule has 5 nitrogen and oxygen atoms in total. The number of hydrogen-bond acceptors (Lipinski definition) is 6. The summed E-state index contributed by atoms with van der Waals surface area (Å²) in [7, 11) is 0. The van der Waals surface area contributed by atoms with E-state index in [4.69, 9.17) is 0 Å². The third kappa shape index (κ3) is 3.95. The fourth-order valence-electron chi connectivity index (χ4n) is 2.71. The van der Waals surface area contributed by atoms with E-state index in [1.165, 1.54) is 11.1 Å². The van der Waals surface area contributed by atoms with Crippen LogP contribution in [-0.4, -0.2) is 37.4 Å². The van der Waals surface area contributed by atoms with Crippen molar-refractivity contribution in [2.75, 3.05) is 12.4 Å². The Balaban J connectivity index is 1.54. The van der Waals surface area contributed by atoms with Crippen LogP contribution in [0.1, 0.15) is 29.8 Å². The molecule has 0 aliphatic heterocycles. The fraction of sp³-hybridized carbons (Fsp3) is 0.412. The van der Waals surface area contributed by atoms with Gasteiger partial charge in [-0.2, -0.15) is 0 Å². The molecule has 3 rings (SSSR count). The minimum Gasteiger partial charge on any atom is -0.396 e. The Kier molecular flexibility index (Phi) is 5.35. The Hall–Kier alpha value is -1.79. The van der Waals surface area contributed by atoms with Crippen LogP contribution in [0.3, 0.4) is 0 Å². The number of rotatable bonds is 7. The minimum atomic E-state index is 0.191. The molecule has 0 aromatic carbocycles. The maximum absolute atomic E-state index is 9.62. The molecule has 0 saturated carbocycles. The number of thioether (sulfide) groups is 1. The monoisotopic (exact) mass is 328 g/mol. The summed E-state index contributed by atoms with van der Waals surface area (Å²) in [6, 6.07) is 0. The number of allylic oxidation sites excluding steroid dienone is 2. The van der Waals surface area contributed by atoms with Crippen molar-refractivity contribution in [3.05, 3.63) is 47.9 Å². The van der Waals surface area contributed by atoms with E-state index >= 15 is 0 Å². The number of hydrogen-bond donors (Lipinski definition) is 1. The van der Waals surface area contributed by atoms with Gasteiger partial charge in [0.15, 0.2) is 0 Å². The predicted molar refractivity (Wildman–Crippen MR) is 91.0 cm³/mol. The summed E-state index contributed by atoms with van der Waals surface area (Å²) >= 11 is 1.64. The smallest absolute Gasteiger partial charge is 0.116 e. The van der Waals surface area contributed by atoms with Gasteiger partial charge in [0.1, 0.15) is 11.4 Å². The molecule has 2 aromatic heterocycles. The molecule has 0 amide bonds. The average molecular weight is 328 g/mol. The van der Waals surface area contributed by atoms with Gasteiger partial charge in [0.25, 0.3) is 0 Å². The van der Waals surface area contributed by atoms with Crippen molar-refractivity contribution in [2.24, 2.45) is 5.92 Å². The molecule has 1 N–H and O–H groups in total. The van der Waals surface area contributed by atoms with Crippen molar-refractivity contribution in [3.63, 3.8) is 0 Å². The second kappa shape index (κ2) is 7.66. The highest BCUT2D eigenvalue weighted by molar-refractivity contribution is 7.99. The number of aromatic nitrogens is 4. The molecule has 1 aliphatic carbocycles. The van der Waals surface area contributed by atoms with E-state index in [0.717, 1.165) is 41.4 Å². The summed E-state index contributed by atoms with van der Waals surface area (Å²) in [6.07, 6.45) is 11.8. The molecule has 6 heteroatoms. The van der Waals surface area contributed by atoms with Crippen LogP contribution >= 0.6 is 11.8 Å². The number of nitrogens with zero attached hydrogens (tertiary/aromatic N) is 4. The van der Waals surface area contributed by atoms with Crippen LogP contribution in [-0.2, 0) is 6.42 Å². The quantitative estimate of drug-likeness (QED) is 0.788. The first-order chi connectivity index (χ1) is 11.3. The van der Waals surface area contributed by atoms with Crippen LogP contribution < -0.4 is 0 Å². The second-order valence-electron chi connectivity index (χ2n) is 5.66. The lowest BCUT2D eigenvalue weighted by Gasteiger charge is -2.14. The maximum atomic E-state index is 9.62. The summed E-state index contributed by atoms with van der Waals surface area (Å²) in [5.41, 5.74) is 4.69. The summed E-state index contributed by atoms with van der Waals surface area (Å²) in [5, 5.41) is 10.5. The Labute approximate surface area is 140 Å². The van der Waals surface area contributed by atoms with Crippen LogP contribution in [0.4, 0.5) is 0 Å². The van der Waals surface area contributed by atoms with Crippen LogP contribution in [0.2, 0.25) is 0 Å². The zero-order valence-corrected chi connectivity index (χ0v) is 14.0. The maximum Gasteiger partial charge on any atom is 0.116 e. The van der Waals surface area contributed by atoms with Gasteiger partial charge in [0.05, 0.1) is 11.9 Å². The van der Waals surface area contributed by atoms with Gasteiger partial charge in [-0.25, -0.2) is 15.0 Å². The van der Waals surface area contributed by atoms with E-state index in [1.807, 2.05) is 6.92 Å². The van der Waals surface area contributed by atoms with Crippen LogP contribution in [0.5, 0.6) is 0 Å². The van der Waals surface area contributed by atoms with Gasteiger partial charge in [0.2, 0.25) is 0 Å². The van der Waals surface area contributed by atoms with E-state index < -0.39 is 0 Å². The Morgan fingerprint density at radius 2 is 2.17 bits per heavy atom. The van der Waals surface area contributed by atoms with E-state index in [9.17, 15) is 5.11 Å². The molecule has 2 heterocycles. The van der Waals surface area contributed by atoms with Gasteiger partial charge in [-0.15, -0.1) is 11.8 Å². The number of aryl methyl sites for hydroxylation is 1. The standard InChI is InChI=1S/C17H20N4OS/c1-12-15-5-4-14(17(15)21-11-20-12)3-2-13(9-22)10-23-16-8-18-6-7-19-16/h4,6-8,11,13,22H,2-3,5,9-10H2,1H3/t13-/m1/s1. The summed E-state index contributed by atoms with van der Waals surface area (Å²) < 4.78 is 0. The number of fused-ring (bicyclic) bond motifs is 1. The van der Waals surface area contributed by atoms with Gasteiger partial charge in [-0.05, 0) is 37.7 Å². The zero-order valence-electron chi connectivity index (χ0n) is 13.1. The Bertz CT molecular complexity index is 690. The van der Waals surface area contributed by atoms with Crippen molar-refractivity contribution in [3.8, 4) is 0 Å². The Morgan fingerprint density at radius 3 is 2.96 bits per heavy atom. The second-order valence-corrected chi connectivity index (χ2v) is 6.70. The molecule has 1 aliphatic rings. The largest absolute Gasteiger partial charge is 0.396 e. The fourth-order valence-corrected chi connectivity index (χ4v) is 3.66. The van der Waals surface area contributed by atoms with Crippen LogP contribution in [0.25, 0.3) is 5.57 Å². The van der Waals surface area contributed by atoms with E-state index in [2.05, 4.69) is 26.0 Å². The highest BCUT2D eigenvalue weighted by Crippen LogP contribution is 2.31. The third-order valence-corrected chi connectivity index (χ3v) is 5.25. The Morgan fingerprint density at radius 1 is 1.26 bits per heavy atom. The summed E-state index contributed by atoms with van der Waals surface area (Å²) in [6.45, 7) is 2.22. The third-order valence-electron chi connectivity index (χ3n) is 4.10. The van der Waals surface area contributed by atoms with Gasteiger partial charge in [-0.3, -0.25) is 4.98 Å². The molecular formula is C17H20N4OS. The molecule has 0 spiro atoms. The van der Waals surface area contributed by atoms with Crippen LogP contribution in [0.15, 0.2) is 36.0 Å². The van der Waals surface area contributed by atoms with Crippen LogP contribution in [0, 0.1) is 12.8 Å². The molecule has 1 atom stereocenters. The topological polar surface area (TPSA) is 71.8 Å². The predicted octanol–water partition coefficient (Wildman–Crippen LogP) is 2.70. The molecule has 0 radical (unpaired) electrons. The lowest BCUT2D eigenvalue weighted by Crippen LogP contribution is -2.09. The van der Waals surface area contributed by atoms with Crippen molar-refractivity contribution in [2.45, 2.75) is 31.2 Å². The molecule has 0 saturated heterocycles. The van der Waals surface area contributed by atoms with Crippen molar-refractivity contribution in [1.29, 1.82) is 0 Å². The number of aliphatic hydroxyl groups is 1. The lowest BCUT2D eigenvalue weighted by atomic mass is 10.0.